The predicted octanol–water partition coefficient (Wildman–Crippen LogP) is 6.38. The first-order chi connectivity index (χ1) is 15.5. The maximum Gasteiger partial charge on any atom is 0.250 e. The Morgan fingerprint density at radius 2 is 1.84 bits per heavy atom. The van der Waals surface area contributed by atoms with Crippen LogP contribution in [0.3, 0.4) is 0 Å². The molecule has 1 amide bonds. The number of hydrogen-bond acceptors (Lipinski definition) is 4. The van der Waals surface area contributed by atoms with Gasteiger partial charge < -0.3 is 14.6 Å². The average molecular weight is 486 g/mol. The Kier molecular flexibility index (Phi) is 7.15. The highest BCUT2D eigenvalue weighted by atomic mass is 35.5. The molecule has 2 aromatic carbocycles. The van der Waals surface area contributed by atoms with Gasteiger partial charge in [0.25, 0.3) is 0 Å². The van der Waals surface area contributed by atoms with Gasteiger partial charge in [-0.2, -0.15) is 0 Å². The van der Waals surface area contributed by atoms with Crippen molar-refractivity contribution >= 4 is 63.9 Å². The standard InChI is InChI=1S/C24H21Cl2N3O2S/c25-16-7-10-18(19(26)15-16)22-11-8-17(31-22)9-12-23(30)28-24(32)27-20-5-1-2-6-21(20)29-13-3-4-14-29/h1-2,5-12,15H,3-4,13-14H2,(H2,27,28,30,32)/b12-9+. The van der Waals surface area contributed by atoms with Crippen LogP contribution in [0.15, 0.2) is 65.1 Å². The van der Waals surface area contributed by atoms with Crippen LogP contribution in [-0.2, 0) is 4.79 Å². The number of anilines is 2. The van der Waals surface area contributed by atoms with Crippen molar-refractivity contribution in [2.75, 3.05) is 23.3 Å². The molecule has 3 aromatic rings. The minimum absolute atomic E-state index is 0.236. The third kappa shape index (κ3) is 5.51. The van der Waals surface area contributed by atoms with Gasteiger partial charge in [0.05, 0.1) is 16.4 Å². The first-order valence-electron chi connectivity index (χ1n) is 10.2. The zero-order chi connectivity index (χ0) is 22.5. The number of nitrogens with zero attached hydrogens (tertiary/aromatic N) is 1. The molecule has 0 atom stereocenters. The first-order valence-corrected chi connectivity index (χ1v) is 11.4. The summed E-state index contributed by atoms with van der Waals surface area (Å²) in [4.78, 5) is 14.6. The predicted molar refractivity (Wildman–Crippen MR) is 135 cm³/mol. The van der Waals surface area contributed by atoms with Crippen molar-refractivity contribution < 1.29 is 9.21 Å². The number of halogens is 2. The number of nitrogens with one attached hydrogen (secondary N) is 2. The monoisotopic (exact) mass is 485 g/mol. The minimum Gasteiger partial charge on any atom is -0.457 e. The van der Waals surface area contributed by atoms with Gasteiger partial charge in [-0.15, -0.1) is 0 Å². The zero-order valence-electron chi connectivity index (χ0n) is 17.1. The molecular weight excluding hydrogens is 465 g/mol. The maximum atomic E-state index is 12.3. The molecule has 1 aliphatic heterocycles. The number of furan rings is 1. The zero-order valence-corrected chi connectivity index (χ0v) is 19.4. The Morgan fingerprint density at radius 3 is 2.62 bits per heavy atom. The second kappa shape index (κ2) is 10.2. The van der Waals surface area contributed by atoms with Gasteiger partial charge in [-0.3, -0.25) is 10.1 Å². The second-order valence-corrected chi connectivity index (χ2v) is 8.57. The Bertz CT molecular complexity index is 1170. The van der Waals surface area contributed by atoms with Gasteiger partial charge in [0.1, 0.15) is 11.5 Å². The normalized spacial score (nSPS) is 13.5. The lowest BCUT2D eigenvalue weighted by molar-refractivity contribution is -0.115. The summed E-state index contributed by atoms with van der Waals surface area (Å²) < 4.78 is 5.77. The highest BCUT2D eigenvalue weighted by Crippen LogP contribution is 2.32. The van der Waals surface area contributed by atoms with Gasteiger partial charge in [-0.05, 0) is 73.6 Å². The van der Waals surface area contributed by atoms with E-state index in [-0.39, 0.29) is 11.0 Å². The molecular formula is C24H21Cl2N3O2S. The molecule has 0 bridgehead atoms. The van der Waals surface area contributed by atoms with Crippen LogP contribution in [0.25, 0.3) is 17.4 Å². The third-order valence-electron chi connectivity index (χ3n) is 5.06. The summed E-state index contributed by atoms with van der Waals surface area (Å²) in [6.07, 6.45) is 5.30. The van der Waals surface area contributed by atoms with Crippen molar-refractivity contribution in [2.45, 2.75) is 12.8 Å². The molecule has 0 saturated carbocycles. The van der Waals surface area contributed by atoms with Crippen molar-refractivity contribution in [1.29, 1.82) is 0 Å². The summed E-state index contributed by atoms with van der Waals surface area (Å²) >= 11 is 17.5. The number of thiocarbonyl (C=S) groups is 1. The van der Waals surface area contributed by atoms with Gasteiger partial charge in [0.15, 0.2) is 5.11 Å². The molecule has 1 aromatic heterocycles. The summed E-state index contributed by atoms with van der Waals surface area (Å²) in [6.45, 7) is 2.04. The summed E-state index contributed by atoms with van der Waals surface area (Å²) in [5, 5.41) is 7.07. The number of carbonyl (C=O) groups excluding carboxylic acids is 1. The third-order valence-corrected chi connectivity index (χ3v) is 5.81. The van der Waals surface area contributed by atoms with E-state index in [2.05, 4.69) is 21.6 Å². The van der Waals surface area contributed by atoms with Crippen LogP contribution in [0.2, 0.25) is 10.0 Å². The molecule has 0 unspecified atom stereocenters. The highest BCUT2D eigenvalue weighted by molar-refractivity contribution is 7.80. The van der Waals surface area contributed by atoms with Crippen molar-refractivity contribution in [1.82, 2.24) is 5.32 Å². The molecule has 4 rings (SSSR count). The molecule has 1 fully saturated rings. The topological polar surface area (TPSA) is 57.5 Å². The molecule has 1 saturated heterocycles. The van der Waals surface area contributed by atoms with E-state index in [1.165, 1.54) is 18.9 Å². The van der Waals surface area contributed by atoms with Crippen LogP contribution in [0.1, 0.15) is 18.6 Å². The quantitative estimate of drug-likeness (QED) is 0.324. The summed E-state index contributed by atoms with van der Waals surface area (Å²) in [5.74, 6) is 0.741. The van der Waals surface area contributed by atoms with Gasteiger partial charge >= 0.3 is 0 Å². The summed E-state index contributed by atoms with van der Waals surface area (Å²) in [7, 11) is 0. The number of rotatable bonds is 5. The van der Waals surface area contributed by atoms with E-state index < -0.39 is 0 Å². The van der Waals surface area contributed by atoms with E-state index in [9.17, 15) is 4.79 Å². The Balaban J connectivity index is 1.36. The van der Waals surface area contributed by atoms with E-state index in [1.807, 2.05) is 18.2 Å². The number of para-hydroxylation sites is 2. The average Bonchev–Trinajstić information content (AvgIpc) is 3.45. The lowest BCUT2D eigenvalue weighted by Gasteiger charge is -2.22. The molecule has 0 aliphatic carbocycles. The van der Waals surface area contributed by atoms with Crippen molar-refractivity contribution in [3.05, 3.63) is 76.5 Å². The van der Waals surface area contributed by atoms with Crippen LogP contribution < -0.4 is 15.5 Å². The summed E-state index contributed by atoms with van der Waals surface area (Å²) in [5.41, 5.74) is 2.68. The lowest BCUT2D eigenvalue weighted by atomic mass is 10.2. The van der Waals surface area contributed by atoms with Crippen LogP contribution in [-0.4, -0.2) is 24.1 Å². The van der Waals surface area contributed by atoms with Crippen molar-refractivity contribution in [3.8, 4) is 11.3 Å². The van der Waals surface area contributed by atoms with E-state index in [0.29, 0.717) is 21.6 Å². The molecule has 5 nitrogen and oxygen atoms in total. The molecule has 2 heterocycles. The van der Waals surface area contributed by atoms with E-state index in [0.717, 1.165) is 30.0 Å². The second-order valence-electron chi connectivity index (χ2n) is 7.31. The van der Waals surface area contributed by atoms with Crippen molar-refractivity contribution in [2.24, 2.45) is 0 Å². The largest absolute Gasteiger partial charge is 0.457 e. The van der Waals surface area contributed by atoms with Crippen LogP contribution in [0.4, 0.5) is 11.4 Å². The number of carbonyl (C=O) groups is 1. The van der Waals surface area contributed by atoms with Gasteiger partial charge in [-0.25, -0.2) is 0 Å². The maximum absolute atomic E-state index is 12.3. The molecule has 0 spiro atoms. The van der Waals surface area contributed by atoms with E-state index in [4.69, 9.17) is 39.8 Å². The van der Waals surface area contributed by atoms with Crippen LogP contribution in [0.5, 0.6) is 0 Å². The fourth-order valence-electron chi connectivity index (χ4n) is 3.55. The van der Waals surface area contributed by atoms with Crippen LogP contribution >= 0.6 is 35.4 Å². The molecule has 8 heteroatoms. The van der Waals surface area contributed by atoms with E-state index >= 15 is 0 Å². The van der Waals surface area contributed by atoms with Gasteiger partial charge in [0.2, 0.25) is 5.91 Å². The summed E-state index contributed by atoms with van der Waals surface area (Å²) in [6, 6.07) is 16.7. The number of hydrogen-bond donors (Lipinski definition) is 2. The smallest absolute Gasteiger partial charge is 0.250 e. The Hall–Kier alpha value is -2.80. The SMILES string of the molecule is O=C(/C=C/c1ccc(-c2ccc(Cl)cc2Cl)o1)NC(=S)Nc1ccccc1N1CCCC1. The molecule has 32 heavy (non-hydrogen) atoms. The van der Waals surface area contributed by atoms with Gasteiger partial charge in [0, 0.05) is 29.8 Å². The molecule has 164 valence electrons. The number of benzene rings is 2. The van der Waals surface area contributed by atoms with Crippen LogP contribution in [0, 0.1) is 0 Å². The lowest BCUT2D eigenvalue weighted by Crippen LogP contribution is -2.33. The fraction of sp³-hybridized carbons (Fsp3) is 0.167. The Labute approximate surface area is 202 Å². The molecule has 1 aliphatic rings. The van der Waals surface area contributed by atoms with Crippen molar-refractivity contribution in [3.63, 3.8) is 0 Å². The fourth-order valence-corrected chi connectivity index (χ4v) is 4.27. The molecule has 0 radical (unpaired) electrons. The van der Waals surface area contributed by atoms with Gasteiger partial charge in [-0.1, -0.05) is 35.3 Å². The first kappa shape index (κ1) is 22.4. The molecule has 2 N–H and O–H groups in total. The minimum atomic E-state index is -0.358. The highest BCUT2D eigenvalue weighted by Gasteiger charge is 2.16. The Morgan fingerprint density at radius 1 is 1.06 bits per heavy atom. The number of amides is 1. The van der Waals surface area contributed by atoms with E-state index in [1.54, 1.807) is 36.4 Å².